The Kier molecular flexibility index (Phi) is 7.26. The van der Waals surface area contributed by atoms with E-state index in [1.807, 2.05) is 0 Å². The summed E-state index contributed by atoms with van der Waals surface area (Å²) in [5.41, 5.74) is 2.15. The van der Waals surface area contributed by atoms with Crippen molar-refractivity contribution in [2.45, 2.75) is 37.0 Å². The molecule has 0 saturated heterocycles. The standard InChI is InChI=1S/C23H22N4O4S2/c1-14(2)33(30,31)19-6-4-5-18(11-19)22(29)25-15(3)21(28)27-23-26-20(13-32-23)17-9-7-16(12-24)8-10-17/h4-11,13-15H,1-3H3,(H,25,29)(H,26,27,28)/t15-/m0/s1. The molecule has 2 aromatic carbocycles. The number of carbonyl (C=O) groups excluding carboxylic acids is 2. The molecule has 33 heavy (non-hydrogen) atoms. The predicted molar refractivity (Wildman–Crippen MR) is 127 cm³/mol. The smallest absolute Gasteiger partial charge is 0.251 e. The van der Waals surface area contributed by atoms with Crippen molar-refractivity contribution in [2.75, 3.05) is 5.32 Å². The van der Waals surface area contributed by atoms with Crippen molar-refractivity contribution >= 4 is 38.1 Å². The molecule has 3 aromatic rings. The fourth-order valence-electron chi connectivity index (χ4n) is 2.82. The van der Waals surface area contributed by atoms with Crippen LogP contribution in [0.25, 0.3) is 11.3 Å². The van der Waals surface area contributed by atoms with Crippen molar-refractivity contribution in [3.05, 3.63) is 65.0 Å². The Morgan fingerprint density at radius 1 is 1.09 bits per heavy atom. The first-order valence-corrected chi connectivity index (χ1v) is 12.5. The number of sulfone groups is 1. The lowest BCUT2D eigenvalue weighted by Crippen LogP contribution is -2.41. The Labute approximate surface area is 196 Å². The van der Waals surface area contributed by atoms with Gasteiger partial charge in [-0.1, -0.05) is 18.2 Å². The molecule has 1 aromatic heterocycles. The van der Waals surface area contributed by atoms with Gasteiger partial charge in [0.2, 0.25) is 5.91 Å². The summed E-state index contributed by atoms with van der Waals surface area (Å²) in [6.45, 7) is 4.66. The van der Waals surface area contributed by atoms with Crippen molar-refractivity contribution in [1.29, 1.82) is 5.26 Å². The number of hydrogen-bond acceptors (Lipinski definition) is 7. The zero-order chi connectivity index (χ0) is 24.2. The first-order chi connectivity index (χ1) is 15.6. The van der Waals surface area contributed by atoms with Crippen LogP contribution in [-0.4, -0.2) is 36.5 Å². The zero-order valence-corrected chi connectivity index (χ0v) is 19.8. The van der Waals surface area contributed by atoms with Gasteiger partial charge in [0, 0.05) is 16.5 Å². The molecule has 0 fully saturated rings. The number of nitriles is 1. The molecule has 0 saturated carbocycles. The van der Waals surface area contributed by atoms with Crippen molar-refractivity contribution in [1.82, 2.24) is 10.3 Å². The van der Waals surface area contributed by atoms with Gasteiger partial charge in [0.05, 0.1) is 27.5 Å². The maximum Gasteiger partial charge on any atom is 0.251 e. The molecular weight excluding hydrogens is 460 g/mol. The Morgan fingerprint density at radius 2 is 1.79 bits per heavy atom. The minimum atomic E-state index is -3.53. The molecule has 170 valence electrons. The van der Waals surface area contributed by atoms with Gasteiger partial charge in [-0.05, 0) is 51.1 Å². The fraction of sp³-hybridized carbons (Fsp3) is 0.217. The molecule has 0 spiro atoms. The number of carbonyl (C=O) groups is 2. The molecule has 0 bridgehead atoms. The largest absolute Gasteiger partial charge is 0.341 e. The summed E-state index contributed by atoms with van der Waals surface area (Å²) in [6, 6.07) is 13.8. The SMILES string of the molecule is CC(C)S(=O)(=O)c1cccc(C(=O)N[C@@H](C)C(=O)Nc2nc(-c3ccc(C#N)cc3)cs2)c1. The first kappa shape index (κ1) is 24.1. The van der Waals surface area contributed by atoms with E-state index < -0.39 is 32.9 Å². The molecule has 0 unspecified atom stereocenters. The molecule has 1 heterocycles. The fourth-order valence-corrected chi connectivity index (χ4v) is 4.65. The second kappa shape index (κ2) is 9.94. The summed E-state index contributed by atoms with van der Waals surface area (Å²) in [6.07, 6.45) is 0. The van der Waals surface area contributed by atoms with Crippen LogP contribution in [0.15, 0.2) is 58.8 Å². The van der Waals surface area contributed by atoms with E-state index in [1.165, 1.54) is 42.5 Å². The molecule has 1 atom stereocenters. The molecule has 8 nitrogen and oxygen atoms in total. The maximum atomic E-state index is 12.6. The van der Waals surface area contributed by atoms with E-state index in [-0.39, 0.29) is 10.5 Å². The van der Waals surface area contributed by atoms with Crippen LogP contribution in [0.5, 0.6) is 0 Å². The summed E-state index contributed by atoms with van der Waals surface area (Å²) < 4.78 is 24.7. The monoisotopic (exact) mass is 482 g/mol. The number of benzene rings is 2. The highest BCUT2D eigenvalue weighted by Gasteiger charge is 2.22. The number of nitrogens with zero attached hydrogens (tertiary/aromatic N) is 2. The van der Waals surface area contributed by atoms with Gasteiger partial charge in [-0.3, -0.25) is 9.59 Å². The van der Waals surface area contributed by atoms with Gasteiger partial charge in [0.25, 0.3) is 5.91 Å². The Hall–Kier alpha value is -3.55. The van der Waals surface area contributed by atoms with Gasteiger partial charge >= 0.3 is 0 Å². The maximum absolute atomic E-state index is 12.6. The first-order valence-electron chi connectivity index (χ1n) is 10.0. The minimum Gasteiger partial charge on any atom is -0.341 e. The molecule has 0 aliphatic heterocycles. The molecule has 0 radical (unpaired) electrons. The van der Waals surface area contributed by atoms with Gasteiger partial charge in [0.1, 0.15) is 6.04 Å². The highest BCUT2D eigenvalue weighted by molar-refractivity contribution is 7.92. The van der Waals surface area contributed by atoms with Crippen LogP contribution in [-0.2, 0) is 14.6 Å². The van der Waals surface area contributed by atoms with Crippen LogP contribution < -0.4 is 10.6 Å². The van der Waals surface area contributed by atoms with Crippen LogP contribution in [0.2, 0.25) is 0 Å². The lowest BCUT2D eigenvalue weighted by atomic mass is 10.1. The average Bonchev–Trinajstić information content (AvgIpc) is 3.27. The van der Waals surface area contributed by atoms with Crippen molar-refractivity contribution in [3.63, 3.8) is 0 Å². The van der Waals surface area contributed by atoms with Crippen LogP contribution in [0.1, 0.15) is 36.7 Å². The normalized spacial score (nSPS) is 12.1. The molecule has 2 N–H and O–H groups in total. The lowest BCUT2D eigenvalue weighted by Gasteiger charge is -2.14. The summed E-state index contributed by atoms with van der Waals surface area (Å²) in [5.74, 6) is -1.02. The Bertz CT molecular complexity index is 1320. The summed E-state index contributed by atoms with van der Waals surface area (Å²) >= 11 is 1.24. The molecule has 3 rings (SSSR count). The van der Waals surface area contributed by atoms with Crippen LogP contribution in [0.3, 0.4) is 0 Å². The summed E-state index contributed by atoms with van der Waals surface area (Å²) in [5, 5.41) is 15.7. The number of nitrogens with one attached hydrogen (secondary N) is 2. The van der Waals surface area contributed by atoms with Crippen LogP contribution in [0.4, 0.5) is 5.13 Å². The number of hydrogen-bond donors (Lipinski definition) is 2. The third-order valence-corrected chi connectivity index (χ3v) is 7.74. The number of thiazole rings is 1. The van der Waals surface area contributed by atoms with Crippen LogP contribution >= 0.6 is 11.3 Å². The van der Waals surface area contributed by atoms with Crippen molar-refractivity contribution in [3.8, 4) is 17.3 Å². The average molecular weight is 483 g/mol. The predicted octanol–water partition coefficient (Wildman–Crippen LogP) is 3.62. The highest BCUT2D eigenvalue weighted by atomic mass is 32.2. The van der Waals surface area contributed by atoms with Crippen LogP contribution in [0, 0.1) is 11.3 Å². The van der Waals surface area contributed by atoms with E-state index in [1.54, 1.807) is 43.5 Å². The minimum absolute atomic E-state index is 0.0559. The van der Waals surface area contributed by atoms with Gasteiger partial charge in [-0.25, -0.2) is 13.4 Å². The second-order valence-corrected chi connectivity index (χ2v) is 10.9. The summed E-state index contributed by atoms with van der Waals surface area (Å²) in [4.78, 5) is 29.5. The third kappa shape index (κ3) is 5.63. The van der Waals surface area contributed by atoms with Gasteiger partial charge in [0.15, 0.2) is 15.0 Å². The Morgan fingerprint density at radius 3 is 2.42 bits per heavy atom. The third-order valence-electron chi connectivity index (χ3n) is 4.83. The number of aromatic nitrogens is 1. The Balaban J connectivity index is 1.65. The van der Waals surface area contributed by atoms with E-state index in [4.69, 9.17) is 5.26 Å². The molecular formula is C23H22N4O4S2. The van der Waals surface area contributed by atoms with Gasteiger partial charge < -0.3 is 10.6 Å². The lowest BCUT2D eigenvalue weighted by molar-refractivity contribution is -0.117. The van der Waals surface area contributed by atoms with E-state index >= 15 is 0 Å². The molecule has 0 aliphatic rings. The van der Waals surface area contributed by atoms with E-state index in [0.29, 0.717) is 16.4 Å². The van der Waals surface area contributed by atoms with Gasteiger partial charge in [-0.2, -0.15) is 5.26 Å². The highest BCUT2D eigenvalue weighted by Crippen LogP contribution is 2.25. The molecule has 10 heteroatoms. The van der Waals surface area contributed by atoms with E-state index in [9.17, 15) is 18.0 Å². The van der Waals surface area contributed by atoms with Crippen molar-refractivity contribution < 1.29 is 18.0 Å². The number of anilines is 1. The number of rotatable bonds is 7. The quantitative estimate of drug-likeness (QED) is 0.529. The van der Waals surface area contributed by atoms with Crippen molar-refractivity contribution in [2.24, 2.45) is 0 Å². The second-order valence-electron chi connectivity index (χ2n) is 7.53. The number of amides is 2. The topological polar surface area (TPSA) is 129 Å². The zero-order valence-electron chi connectivity index (χ0n) is 18.2. The van der Waals surface area contributed by atoms with E-state index in [0.717, 1.165) is 5.56 Å². The molecule has 2 amide bonds. The van der Waals surface area contributed by atoms with Gasteiger partial charge in [-0.15, -0.1) is 11.3 Å². The van der Waals surface area contributed by atoms with E-state index in [2.05, 4.69) is 21.7 Å². The molecule has 0 aliphatic carbocycles. The summed E-state index contributed by atoms with van der Waals surface area (Å²) in [7, 11) is -3.53.